The third-order valence-electron chi connectivity index (χ3n) is 4.87. The lowest BCUT2D eigenvalue weighted by Crippen LogP contribution is -2.23. The van der Waals surface area contributed by atoms with Gasteiger partial charge in [-0.05, 0) is 30.2 Å². The Labute approximate surface area is 180 Å². The largest absolute Gasteiger partial charge is 0.347 e. The zero-order valence-electron chi connectivity index (χ0n) is 18.0. The van der Waals surface area contributed by atoms with Crippen molar-refractivity contribution in [2.75, 3.05) is 0 Å². The maximum Gasteiger partial charge on any atom is 0.271 e. The minimum absolute atomic E-state index is 0.192. The summed E-state index contributed by atoms with van der Waals surface area (Å²) >= 11 is 0. The summed E-state index contributed by atoms with van der Waals surface area (Å²) in [5.74, 6) is 1.46. The number of pyridine rings is 1. The predicted octanol–water partition coefficient (Wildman–Crippen LogP) is 3.85. The lowest BCUT2D eigenvalue weighted by atomic mass is 9.96. The van der Waals surface area contributed by atoms with E-state index in [1.165, 1.54) is 0 Å². The van der Waals surface area contributed by atoms with Gasteiger partial charge in [-0.15, -0.1) is 0 Å². The first-order valence-electron chi connectivity index (χ1n) is 9.99. The number of hydrogen-bond donors (Lipinski definition) is 1. The van der Waals surface area contributed by atoms with Crippen molar-refractivity contribution in [3.05, 3.63) is 77.8 Å². The second-order valence-corrected chi connectivity index (χ2v) is 8.35. The molecular weight excluding hydrogens is 392 g/mol. The van der Waals surface area contributed by atoms with Gasteiger partial charge in [-0.1, -0.05) is 50.2 Å². The Balaban J connectivity index is 1.44. The number of aromatic nitrogens is 5. The molecule has 0 bridgehead atoms. The lowest BCUT2D eigenvalue weighted by Gasteiger charge is -2.10. The van der Waals surface area contributed by atoms with Gasteiger partial charge in [-0.3, -0.25) is 9.36 Å². The SMILES string of the molecule is Cc1ccccc1CNC(=O)c1cn(-c2ccc(-c3nc(C(C)(C)C)no3)cn2)cn1. The molecule has 0 saturated carbocycles. The van der Waals surface area contributed by atoms with Crippen molar-refractivity contribution >= 4 is 5.91 Å². The molecule has 8 heteroatoms. The van der Waals surface area contributed by atoms with Crippen LogP contribution in [0.15, 0.2) is 59.6 Å². The molecule has 0 fully saturated rings. The molecule has 0 aliphatic heterocycles. The van der Waals surface area contributed by atoms with E-state index in [4.69, 9.17) is 4.52 Å². The Bertz CT molecular complexity index is 1200. The fourth-order valence-electron chi connectivity index (χ4n) is 2.95. The van der Waals surface area contributed by atoms with Gasteiger partial charge in [0.25, 0.3) is 11.8 Å². The van der Waals surface area contributed by atoms with E-state index in [0.717, 1.165) is 16.7 Å². The van der Waals surface area contributed by atoms with Gasteiger partial charge in [-0.25, -0.2) is 9.97 Å². The normalized spacial score (nSPS) is 11.5. The van der Waals surface area contributed by atoms with E-state index < -0.39 is 0 Å². The van der Waals surface area contributed by atoms with Gasteiger partial charge in [0.15, 0.2) is 5.82 Å². The van der Waals surface area contributed by atoms with Crippen molar-refractivity contribution in [1.29, 1.82) is 0 Å². The van der Waals surface area contributed by atoms with E-state index in [0.29, 0.717) is 29.8 Å². The van der Waals surface area contributed by atoms with Crippen LogP contribution >= 0.6 is 0 Å². The highest BCUT2D eigenvalue weighted by Gasteiger charge is 2.21. The molecule has 1 N–H and O–H groups in total. The molecular formula is C23H24N6O2. The molecule has 158 valence electrons. The average Bonchev–Trinajstić information content (AvgIpc) is 3.43. The smallest absolute Gasteiger partial charge is 0.271 e. The van der Waals surface area contributed by atoms with Crippen LogP contribution in [0.4, 0.5) is 0 Å². The van der Waals surface area contributed by atoms with E-state index in [9.17, 15) is 4.79 Å². The summed E-state index contributed by atoms with van der Waals surface area (Å²) in [5.41, 5.74) is 3.06. The Morgan fingerprint density at radius 3 is 2.61 bits per heavy atom. The highest BCUT2D eigenvalue weighted by molar-refractivity contribution is 5.92. The molecule has 8 nitrogen and oxygen atoms in total. The molecule has 31 heavy (non-hydrogen) atoms. The van der Waals surface area contributed by atoms with E-state index >= 15 is 0 Å². The molecule has 4 aromatic rings. The van der Waals surface area contributed by atoms with E-state index in [1.54, 1.807) is 23.3 Å². The number of hydrogen-bond acceptors (Lipinski definition) is 6. The molecule has 0 radical (unpaired) electrons. The minimum Gasteiger partial charge on any atom is -0.347 e. The average molecular weight is 416 g/mol. The molecule has 1 aromatic carbocycles. The topological polar surface area (TPSA) is 98.7 Å². The number of aryl methyl sites for hydroxylation is 1. The van der Waals surface area contributed by atoms with Crippen LogP contribution in [0.5, 0.6) is 0 Å². The third kappa shape index (κ3) is 4.53. The number of carbonyl (C=O) groups is 1. The Hall–Kier alpha value is -3.81. The summed E-state index contributed by atoms with van der Waals surface area (Å²) < 4.78 is 7.05. The molecule has 0 saturated heterocycles. The fraction of sp³-hybridized carbons (Fsp3) is 0.261. The summed E-state index contributed by atoms with van der Waals surface area (Å²) in [6.07, 6.45) is 4.88. The molecule has 0 aliphatic rings. The van der Waals surface area contributed by atoms with Gasteiger partial charge >= 0.3 is 0 Å². The molecule has 0 spiro atoms. The molecule has 0 atom stereocenters. The number of carbonyl (C=O) groups excluding carboxylic acids is 1. The van der Waals surface area contributed by atoms with Crippen molar-refractivity contribution in [3.8, 4) is 17.3 Å². The number of imidazole rings is 1. The molecule has 3 heterocycles. The highest BCUT2D eigenvalue weighted by atomic mass is 16.5. The molecule has 4 rings (SSSR count). The van der Waals surface area contributed by atoms with Crippen LogP contribution in [0.1, 0.15) is 48.2 Å². The summed E-state index contributed by atoms with van der Waals surface area (Å²) in [6, 6.07) is 11.6. The van der Waals surface area contributed by atoms with Crippen molar-refractivity contribution in [2.24, 2.45) is 0 Å². The quantitative estimate of drug-likeness (QED) is 0.530. The second kappa shape index (κ2) is 8.14. The van der Waals surface area contributed by atoms with Crippen LogP contribution < -0.4 is 5.32 Å². The number of nitrogens with one attached hydrogen (secondary N) is 1. The van der Waals surface area contributed by atoms with Crippen molar-refractivity contribution < 1.29 is 9.32 Å². The van der Waals surface area contributed by atoms with E-state index in [-0.39, 0.29) is 11.3 Å². The number of amides is 1. The van der Waals surface area contributed by atoms with Crippen LogP contribution in [-0.2, 0) is 12.0 Å². The van der Waals surface area contributed by atoms with Crippen LogP contribution in [0.2, 0.25) is 0 Å². The van der Waals surface area contributed by atoms with Gasteiger partial charge in [0.05, 0.1) is 5.56 Å². The first kappa shape index (κ1) is 20.5. The van der Waals surface area contributed by atoms with Crippen molar-refractivity contribution in [3.63, 3.8) is 0 Å². The molecule has 1 amide bonds. The Morgan fingerprint density at radius 2 is 1.94 bits per heavy atom. The summed E-state index contributed by atoms with van der Waals surface area (Å²) in [6.45, 7) is 8.54. The van der Waals surface area contributed by atoms with Crippen molar-refractivity contribution in [1.82, 2.24) is 30.0 Å². The summed E-state index contributed by atoms with van der Waals surface area (Å²) in [5, 5.41) is 6.94. The summed E-state index contributed by atoms with van der Waals surface area (Å²) in [4.78, 5) is 25.6. The number of nitrogens with zero attached hydrogens (tertiary/aromatic N) is 5. The lowest BCUT2D eigenvalue weighted by molar-refractivity contribution is 0.0946. The van der Waals surface area contributed by atoms with Gasteiger partial charge < -0.3 is 9.84 Å². The number of benzene rings is 1. The first-order chi connectivity index (χ1) is 14.8. The fourth-order valence-corrected chi connectivity index (χ4v) is 2.95. The summed E-state index contributed by atoms with van der Waals surface area (Å²) in [7, 11) is 0. The number of rotatable bonds is 5. The molecule has 3 aromatic heterocycles. The van der Waals surface area contributed by atoms with Crippen LogP contribution in [0, 0.1) is 6.92 Å². The third-order valence-corrected chi connectivity index (χ3v) is 4.87. The zero-order valence-corrected chi connectivity index (χ0v) is 18.0. The van der Waals surface area contributed by atoms with Gasteiger partial charge in [0.1, 0.15) is 17.8 Å². The Kier molecular flexibility index (Phi) is 5.37. The second-order valence-electron chi connectivity index (χ2n) is 8.35. The minimum atomic E-state index is -0.237. The monoisotopic (exact) mass is 416 g/mol. The van der Waals surface area contributed by atoms with Gasteiger partial charge in [0.2, 0.25) is 0 Å². The van der Waals surface area contributed by atoms with E-state index in [2.05, 4.69) is 25.4 Å². The maximum absolute atomic E-state index is 12.5. The standard InChI is InChI=1S/C23H24N6O2/c1-15-7-5-6-8-16(15)11-25-20(30)18-13-29(14-26-18)19-10-9-17(12-24-19)21-27-22(28-31-21)23(2,3)4/h5-10,12-14H,11H2,1-4H3,(H,25,30). The Morgan fingerprint density at radius 1 is 1.13 bits per heavy atom. The van der Waals surface area contributed by atoms with Gasteiger partial charge in [-0.2, -0.15) is 4.98 Å². The van der Waals surface area contributed by atoms with Crippen LogP contribution in [-0.4, -0.2) is 30.6 Å². The molecule has 0 aliphatic carbocycles. The van der Waals surface area contributed by atoms with Crippen LogP contribution in [0.25, 0.3) is 17.3 Å². The first-order valence-corrected chi connectivity index (χ1v) is 9.99. The van der Waals surface area contributed by atoms with Crippen LogP contribution in [0.3, 0.4) is 0 Å². The zero-order chi connectivity index (χ0) is 22.0. The van der Waals surface area contributed by atoms with Gasteiger partial charge in [0, 0.05) is 24.4 Å². The van der Waals surface area contributed by atoms with E-state index in [1.807, 2.05) is 64.1 Å². The van der Waals surface area contributed by atoms with Crippen molar-refractivity contribution in [2.45, 2.75) is 39.7 Å². The predicted molar refractivity (Wildman–Crippen MR) is 116 cm³/mol. The maximum atomic E-state index is 12.5. The highest BCUT2D eigenvalue weighted by Crippen LogP contribution is 2.23. The molecule has 0 unspecified atom stereocenters.